The molecule has 0 aliphatic rings. The molecule has 0 saturated heterocycles. The van der Waals surface area contributed by atoms with E-state index < -0.39 is 5.91 Å². The first-order valence-corrected chi connectivity index (χ1v) is 6.28. The molecule has 0 unspecified atom stereocenters. The van der Waals surface area contributed by atoms with Crippen molar-refractivity contribution in [2.45, 2.75) is 19.8 Å². The average molecular weight is 246 g/mol. The molecule has 0 saturated carbocycles. The van der Waals surface area contributed by atoms with Crippen LogP contribution in [0.4, 0.5) is 0 Å². The summed E-state index contributed by atoms with van der Waals surface area (Å²) in [6.45, 7) is 1.89. The molecule has 2 rings (SSSR count). The first kappa shape index (κ1) is 11.8. The zero-order chi connectivity index (χ0) is 12.3. The maximum atomic E-state index is 11.2. The molecule has 1 amide bonds. The zero-order valence-electron chi connectivity index (χ0n) is 9.64. The van der Waals surface area contributed by atoms with Crippen molar-refractivity contribution < 1.29 is 4.79 Å². The molecule has 0 atom stereocenters. The quantitative estimate of drug-likeness (QED) is 0.900. The van der Waals surface area contributed by atoms with Crippen LogP contribution in [0.1, 0.15) is 25.9 Å². The summed E-state index contributed by atoms with van der Waals surface area (Å²) in [6.07, 6.45) is 1.72. The Morgan fingerprint density at radius 2 is 2.00 bits per heavy atom. The Morgan fingerprint density at radius 1 is 1.29 bits per heavy atom. The first-order chi connectivity index (χ1) is 8.16. The van der Waals surface area contributed by atoms with Crippen molar-refractivity contribution in [3.63, 3.8) is 0 Å². The van der Waals surface area contributed by atoms with Crippen molar-refractivity contribution in [2.24, 2.45) is 5.73 Å². The molecule has 1 aromatic heterocycles. The zero-order valence-corrected chi connectivity index (χ0v) is 10.5. The van der Waals surface area contributed by atoms with Crippen molar-refractivity contribution in [2.75, 3.05) is 0 Å². The summed E-state index contributed by atoms with van der Waals surface area (Å²) in [5.41, 5.74) is 6.99. The molecular weight excluding hydrogens is 232 g/mol. The van der Waals surface area contributed by atoms with Gasteiger partial charge in [0.1, 0.15) is 5.69 Å². The Kier molecular flexibility index (Phi) is 3.54. The standard InChI is InChI=1S/C13H14N2OS/c1-9-15-12(13(14)16)11(17-9)8-7-10-5-3-2-4-6-10/h2-6H,7-8H2,1H3,(H2,14,16). The molecule has 1 aromatic carbocycles. The molecule has 17 heavy (non-hydrogen) atoms. The van der Waals surface area contributed by atoms with Crippen LogP contribution in [0.5, 0.6) is 0 Å². The number of amides is 1. The van der Waals surface area contributed by atoms with Crippen molar-refractivity contribution in [1.82, 2.24) is 4.98 Å². The third-order valence-corrected chi connectivity index (χ3v) is 3.55. The van der Waals surface area contributed by atoms with Gasteiger partial charge in [0.05, 0.1) is 5.01 Å². The van der Waals surface area contributed by atoms with Gasteiger partial charge in [-0.2, -0.15) is 0 Å². The summed E-state index contributed by atoms with van der Waals surface area (Å²) < 4.78 is 0. The van der Waals surface area contributed by atoms with E-state index in [9.17, 15) is 4.79 Å². The predicted octanol–water partition coefficient (Wildman–Crippen LogP) is 2.34. The van der Waals surface area contributed by atoms with Gasteiger partial charge in [-0.1, -0.05) is 30.3 Å². The monoisotopic (exact) mass is 246 g/mol. The van der Waals surface area contributed by atoms with Crippen LogP contribution in [-0.4, -0.2) is 10.9 Å². The maximum Gasteiger partial charge on any atom is 0.268 e. The number of nitrogens with two attached hydrogens (primary N) is 1. The molecule has 88 valence electrons. The number of aryl methyl sites for hydroxylation is 3. The lowest BCUT2D eigenvalue weighted by Gasteiger charge is -2.00. The molecule has 0 bridgehead atoms. The molecule has 0 aliphatic carbocycles. The van der Waals surface area contributed by atoms with Crippen LogP contribution in [0.2, 0.25) is 0 Å². The number of carbonyl (C=O) groups is 1. The number of thiazole rings is 1. The lowest BCUT2D eigenvalue weighted by molar-refractivity contribution is 0.0995. The fourth-order valence-electron chi connectivity index (χ4n) is 1.73. The number of primary amides is 1. The van der Waals surface area contributed by atoms with Gasteiger partial charge in [0.25, 0.3) is 5.91 Å². The van der Waals surface area contributed by atoms with Crippen LogP contribution in [0.15, 0.2) is 30.3 Å². The summed E-state index contributed by atoms with van der Waals surface area (Å²) in [5.74, 6) is -0.433. The van der Waals surface area contributed by atoms with Gasteiger partial charge in [0.2, 0.25) is 0 Å². The molecule has 4 heteroatoms. The number of hydrogen-bond acceptors (Lipinski definition) is 3. The van der Waals surface area contributed by atoms with E-state index in [1.54, 1.807) is 11.3 Å². The highest BCUT2D eigenvalue weighted by atomic mass is 32.1. The average Bonchev–Trinajstić information content (AvgIpc) is 2.69. The van der Waals surface area contributed by atoms with E-state index in [2.05, 4.69) is 17.1 Å². The van der Waals surface area contributed by atoms with Gasteiger partial charge in [-0.25, -0.2) is 4.98 Å². The Balaban J connectivity index is 2.11. The SMILES string of the molecule is Cc1nc(C(N)=O)c(CCc2ccccc2)s1. The fourth-order valence-corrected chi connectivity index (χ4v) is 2.67. The van der Waals surface area contributed by atoms with Crippen molar-refractivity contribution in [3.05, 3.63) is 51.5 Å². The Hall–Kier alpha value is -1.68. The molecular formula is C13H14N2OS. The Labute approximate surface area is 104 Å². The fraction of sp³-hybridized carbons (Fsp3) is 0.231. The Morgan fingerprint density at radius 3 is 2.65 bits per heavy atom. The summed E-state index contributed by atoms with van der Waals surface area (Å²) in [6, 6.07) is 10.2. The highest BCUT2D eigenvalue weighted by molar-refractivity contribution is 7.11. The minimum Gasteiger partial charge on any atom is -0.364 e. The van der Waals surface area contributed by atoms with Crippen molar-refractivity contribution in [1.29, 1.82) is 0 Å². The number of nitrogens with zero attached hydrogens (tertiary/aromatic N) is 1. The second-order valence-electron chi connectivity index (χ2n) is 3.85. The lowest BCUT2D eigenvalue weighted by atomic mass is 10.1. The first-order valence-electron chi connectivity index (χ1n) is 5.47. The van der Waals surface area contributed by atoms with E-state index >= 15 is 0 Å². The third kappa shape index (κ3) is 2.91. The van der Waals surface area contributed by atoms with Crippen LogP contribution in [0, 0.1) is 6.92 Å². The van der Waals surface area contributed by atoms with E-state index in [0.29, 0.717) is 5.69 Å². The number of aromatic nitrogens is 1. The number of rotatable bonds is 4. The lowest BCUT2D eigenvalue weighted by Crippen LogP contribution is -2.13. The molecule has 1 heterocycles. The number of carbonyl (C=O) groups excluding carboxylic acids is 1. The van der Waals surface area contributed by atoms with Gasteiger partial charge in [0, 0.05) is 4.88 Å². The number of hydrogen-bond donors (Lipinski definition) is 1. The minimum atomic E-state index is -0.433. The van der Waals surface area contributed by atoms with Crippen molar-refractivity contribution in [3.8, 4) is 0 Å². The van der Waals surface area contributed by atoms with Gasteiger partial charge in [-0.3, -0.25) is 4.79 Å². The van der Waals surface area contributed by atoms with Crippen LogP contribution >= 0.6 is 11.3 Å². The van der Waals surface area contributed by atoms with Gasteiger partial charge in [-0.15, -0.1) is 11.3 Å². The summed E-state index contributed by atoms with van der Waals surface area (Å²) in [7, 11) is 0. The second-order valence-corrected chi connectivity index (χ2v) is 5.14. The van der Waals surface area contributed by atoms with E-state index in [4.69, 9.17) is 5.73 Å². The molecule has 0 fully saturated rings. The van der Waals surface area contributed by atoms with Crippen LogP contribution in [0.25, 0.3) is 0 Å². The maximum absolute atomic E-state index is 11.2. The van der Waals surface area contributed by atoms with E-state index in [1.807, 2.05) is 25.1 Å². The van der Waals surface area contributed by atoms with Gasteiger partial charge < -0.3 is 5.73 Å². The highest BCUT2D eigenvalue weighted by Gasteiger charge is 2.13. The predicted molar refractivity (Wildman–Crippen MR) is 69.2 cm³/mol. The molecule has 0 spiro atoms. The largest absolute Gasteiger partial charge is 0.364 e. The molecule has 0 aliphatic heterocycles. The molecule has 3 nitrogen and oxygen atoms in total. The van der Waals surface area contributed by atoms with E-state index in [1.165, 1.54) is 5.56 Å². The summed E-state index contributed by atoms with van der Waals surface area (Å²) >= 11 is 1.55. The van der Waals surface area contributed by atoms with Gasteiger partial charge in [0.15, 0.2) is 0 Å². The normalized spacial score (nSPS) is 10.4. The Bertz CT molecular complexity index is 519. The smallest absolute Gasteiger partial charge is 0.268 e. The molecule has 0 radical (unpaired) electrons. The highest BCUT2D eigenvalue weighted by Crippen LogP contribution is 2.19. The van der Waals surface area contributed by atoms with Gasteiger partial charge >= 0.3 is 0 Å². The summed E-state index contributed by atoms with van der Waals surface area (Å²) in [4.78, 5) is 16.4. The third-order valence-electron chi connectivity index (χ3n) is 2.52. The van der Waals surface area contributed by atoms with Crippen molar-refractivity contribution >= 4 is 17.2 Å². The van der Waals surface area contributed by atoms with Crippen LogP contribution < -0.4 is 5.73 Å². The van der Waals surface area contributed by atoms with E-state index in [0.717, 1.165) is 22.7 Å². The number of benzene rings is 1. The summed E-state index contributed by atoms with van der Waals surface area (Å²) in [5, 5.41) is 0.891. The second kappa shape index (κ2) is 5.10. The molecule has 2 aromatic rings. The topological polar surface area (TPSA) is 56.0 Å². The molecule has 2 N–H and O–H groups in total. The van der Waals surface area contributed by atoms with Crippen LogP contribution in [-0.2, 0) is 12.8 Å². The minimum absolute atomic E-state index is 0.433. The van der Waals surface area contributed by atoms with Gasteiger partial charge in [-0.05, 0) is 25.3 Å². The van der Waals surface area contributed by atoms with E-state index in [-0.39, 0.29) is 0 Å². The van der Waals surface area contributed by atoms with Crippen LogP contribution in [0.3, 0.4) is 0 Å².